The van der Waals surface area contributed by atoms with Crippen molar-refractivity contribution in [2.45, 2.75) is 13.3 Å². The predicted octanol–water partition coefficient (Wildman–Crippen LogP) is 0.169. The lowest BCUT2D eigenvalue weighted by Gasteiger charge is -2.07. The van der Waals surface area contributed by atoms with Crippen LogP contribution in [0, 0.1) is 0 Å². The van der Waals surface area contributed by atoms with Crippen molar-refractivity contribution in [2.24, 2.45) is 0 Å². The summed E-state index contributed by atoms with van der Waals surface area (Å²) in [6.45, 7) is 1.98. The van der Waals surface area contributed by atoms with Crippen molar-refractivity contribution in [2.75, 3.05) is 0 Å². The van der Waals surface area contributed by atoms with Crippen LogP contribution in [0.4, 0.5) is 0 Å². The molecule has 2 aromatic heterocycles. The fourth-order valence-corrected chi connectivity index (χ4v) is 1.85. The molecule has 0 aliphatic heterocycles. The maximum Gasteiger partial charge on any atom is 0.252 e. The van der Waals surface area contributed by atoms with Crippen molar-refractivity contribution < 1.29 is 0 Å². The van der Waals surface area contributed by atoms with Crippen molar-refractivity contribution in [3.8, 4) is 0 Å². The second-order valence-corrected chi connectivity index (χ2v) is 3.77. The third kappa shape index (κ3) is 1.55. The van der Waals surface area contributed by atoms with E-state index in [2.05, 4.69) is 4.98 Å². The molecule has 15 heavy (non-hydrogen) atoms. The Morgan fingerprint density at radius 3 is 2.93 bits per heavy atom. The number of fused-ring (bicyclic) bond motifs is 1. The molecule has 0 spiro atoms. The minimum atomic E-state index is -0.0811. The second kappa shape index (κ2) is 3.70. The number of aromatic nitrogens is 2. The van der Waals surface area contributed by atoms with E-state index in [1.807, 2.05) is 6.92 Å². The Kier molecular flexibility index (Phi) is 2.53. The van der Waals surface area contributed by atoms with Gasteiger partial charge in [-0.1, -0.05) is 24.6 Å². The second-order valence-electron chi connectivity index (χ2n) is 3.38. The van der Waals surface area contributed by atoms with E-state index in [1.54, 1.807) is 26.0 Å². The summed E-state index contributed by atoms with van der Waals surface area (Å²) in [4.78, 5) is 16.4. The molecule has 0 saturated heterocycles. The topological polar surface area (TPSA) is 34.4 Å². The van der Waals surface area contributed by atoms with E-state index in [1.165, 1.54) is 4.40 Å². The fraction of sp³-hybridized carbons (Fsp3) is 0.200. The van der Waals surface area contributed by atoms with Gasteiger partial charge in [0, 0.05) is 5.69 Å². The molecule has 76 valence electrons. The minimum absolute atomic E-state index is 0.0811. The summed E-state index contributed by atoms with van der Waals surface area (Å²) in [5, 5.41) is 0.399. The highest BCUT2D eigenvalue weighted by Crippen LogP contribution is 2.08. The average molecular weight is 220 g/mol. The Morgan fingerprint density at radius 1 is 1.53 bits per heavy atom. The fourth-order valence-electron chi connectivity index (χ4n) is 1.62. The third-order valence-corrected chi connectivity index (χ3v) is 2.76. The largest absolute Gasteiger partial charge is 0.269 e. The summed E-state index contributed by atoms with van der Waals surface area (Å²) >= 11 is 5.95. The first-order valence-electron chi connectivity index (χ1n) is 4.82. The number of rotatable bonds is 1. The lowest BCUT2D eigenvalue weighted by Crippen LogP contribution is -2.35. The van der Waals surface area contributed by atoms with Gasteiger partial charge in [-0.3, -0.25) is 9.20 Å². The summed E-state index contributed by atoms with van der Waals surface area (Å²) < 4.78 is 1.43. The van der Waals surface area contributed by atoms with Gasteiger partial charge in [-0.05, 0) is 24.0 Å². The van der Waals surface area contributed by atoms with Gasteiger partial charge in [-0.15, -0.1) is 0 Å². The molecule has 2 aromatic rings. The number of pyridine rings is 1. The predicted molar refractivity (Wildman–Crippen MR) is 64.0 cm³/mol. The Hall–Kier alpha value is -1.29. The maximum atomic E-state index is 12.0. The van der Waals surface area contributed by atoms with Crippen molar-refractivity contribution in [3.63, 3.8) is 0 Å². The molecule has 0 atom stereocenters. The van der Waals surface area contributed by atoms with E-state index in [-0.39, 0.29) is 5.56 Å². The molecule has 5 heteroatoms. The van der Waals surface area contributed by atoms with Gasteiger partial charge in [-0.2, -0.15) is 0 Å². The highest BCUT2D eigenvalue weighted by atomic mass is 35.5. The van der Waals surface area contributed by atoms with Crippen LogP contribution in [0.5, 0.6) is 0 Å². The number of nitrogens with zero attached hydrogens (tertiary/aromatic N) is 2. The highest BCUT2D eigenvalue weighted by molar-refractivity contribution is 6.33. The number of hydrogen-bond donors (Lipinski definition) is 0. The molecular weight excluding hydrogens is 210 g/mol. The lowest BCUT2D eigenvalue weighted by atomic mass is 9.94. The monoisotopic (exact) mass is 220 g/mol. The van der Waals surface area contributed by atoms with Crippen LogP contribution in [0.1, 0.15) is 12.6 Å². The van der Waals surface area contributed by atoms with Gasteiger partial charge >= 0.3 is 0 Å². The first-order valence-corrected chi connectivity index (χ1v) is 5.19. The molecule has 3 nitrogen and oxygen atoms in total. The van der Waals surface area contributed by atoms with Crippen LogP contribution in [-0.4, -0.2) is 17.2 Å². The van der Waals surface area contributed by atoms with Crippen LogP contribution in [0.3, 0.4) is 0 Å². The molecule has 0 aromatic carbocycles. The number of hydrogen-bond acceptors (Lipinski definition) is 2. The van der Waals surface area contributed by atoms with Crippen LogP contribution >= 0.6 is 11.6 Å². The first-order chi connectivity index (χ1) is 7.15. The van der Waals surface area contributed by atoms with Gasteiger partial charge in [0.05, 0.1) is 0 Å². The molecule has 0 saturated carbocycles. The molecular formula is C10H10BClN2O. The van der Waals surface area contributed by atoms with Gasteiger partial charge in [0.1, 0.15) is 18.6 Å². The van der Waals surface area contributed by atoms with Gasteiger partial charge in [0.25, 0.3) is 5.56 Å². The molecule has 0 amide bonds. The van der Waals surface area contributed by atoms with Gasteiger partial charge in [0.15, 0.2) is 0 Å². The van der Waals surface area contributed by atoms with E-state index in [9.17, 15) is 4.79 Å². The van der Waals surface area contributed by atoms with Crippen molar-refractivity contribution in [1.82, 2.24) is 9.38 Å². The van der Waals surface area contributed by atoms with Crippen LogP contribution in [0.15, 0.2) is 23.0 Å². The van der Waals surface area contributed by atoms with E-state index < -0.39 is 0 Å². The van der Waals surface area contributed by atoms with Crippen LogP contribution in [-0.2, 0) is 6.42 Å². The Bertz CT molecular complexity index is 579. The zero-order chi connectivity index (χ0) is 11.0. The van der Waals surface area contributed by atoms with Crippen LogP contribution < -0.4 is 11.0 Å². The summed E-state index contributed by atoms with van der Waals surface area (Å²) in [6, 6.07) is 5.26. The molecule has 0 N–H and O–H groups in total. The number of aryl methyl sites for hydroxylation is 1. The number of halogens is 1. The molecule has 0 unspecified atom stereocenters. The van der Waals surface area contributed by atoms with Crippen molar-refractivity contribution in [3.05, 3.63) is 39.4 Å². The summed E-state index contributed by atoms with van der Waals surface area (Å²) in [7, 11) is 1.78. The van der Waals surface area contributed by atoms with Crippen molar-refractivity contribution in [1.29, 1.82) is 0 Å². The molecule has 0 fully saturated rings. The van der Waals surface area contributed by atoms with Gasteiger partial charge < -0.3 is 0 Å². The quantitative estimate of drug-likeness (QED) is 0.507. The van der Waals surface area contributed by atoms with Crippen molar-refractivity contribution >= 4 is 30.6 Å². The molecule has 2 heterocycles. The highest BCUT2D eigenvalue weighted by Gasteiger charge is 2.08. The van der Waals surface area contributed by atoms with E-state index in [0.717, 1.165) is 12.1 Å². The van der Waals surface area contributed by atoms with E-state index >= 15 is 0 Å². The first kappa shape index (κ1) is 10.2. The molecule has 0 aliphatic carbocycles. The van der Waals surface area contributed by atoms with Crippen LogP contribution in [0.2, 0.25) is 5.15 Å². The summed E-state index contributed by atoms with van der Waals surface area (Å²) in [5.41, 5.74) is 2.03. The summed E-state index contributed by atoms with van der Waals surface area (Å²) in [6.07, 6.45) is 0.754. The summed E-state index contributed by atoms with van der Waals surface area (Å²) in [5.74, 6) is 0. The molecule has 0 bridgehead atoms. The third-order valence-electron chi connectivity index (χ3n) is 2.46. The minimum Gasteiger partial charge on any atom is -0.269 e. The normalized spacial score (nSPS) is 10.8. The Morgan fingerprint density at radius 2 is 2.27 bits per heavy atom. The van der Waals surface area contributed by atoms with Crippen LogP contribution in [0.25, 0.3) is 5.65 Å². The SMILES string of the molecule is Bc1c(CC)nc2cccc(Cl)n2c1=O. The molecule has 0 radical (unpaired) electrons. The van der Waals surface area contributed by atoms with E-state index in [4.69, 9.17) is 11.6 Å². The molecule has 2 rings (SSSR count). The van der Waals surface area contributed by atoms with Gasteiger partial charge in [0.2, 0.25) is 0 Å². The van der Waals surface area contributed by atoms with Gasteiger partial charge in [-0.25, -0.2) is 4.98 Å². The smallest absolute Gasteiger partial charge is 0.252 e. The zero-order valence-corrected chi connectivity index (χ0v) is 9.38. The average Bonchev–Trinajstić information content (AvgIpc) is 2.23. The Balaban J connectivity index is 2.98. The maximum absolute atomic E-state index is 12.0. The standard InChI is InChI=1S/C10H10BClN2O/c1-2-6-9(11)10(15)14-7(12)4-3-5-8(14)13-6/h3-5H,2,11H2,1H3. The zero-order valence-electron chi connectivity index (χ0n) is 8.62. The Labute approximate surface area is 93.1 Å². The molecule has 0 aliphatic rings. The lowest BCUT2D eigenvalue weighted by molar-refractivity contribution is 0.985. The van der Waals surface area contributed by atoms with E-state index in [0.29, 0.717) is 16.3 Å².